The Balaban J connectivity index is 2.10. The summed E-state index contributed by atoms with van der Waals surface area (Å²) in [7, 11) is 1.33. The molecule has 1 aliphatic heterocycles. The van der Waals surface area contributed by atoms with Gasteiger partial charge < -0.3 is 9.72 Å². The highest BCUT2D eigenvalue weighted by molar-refractivity contribution is 6.27. The fourth-order valence-corrected chi connectivity index (χ4v) is 1.62. The van der Waals surface area contributed by atoms with Crippen molar-refractivity contribution < 1.29 is 14.3 Å². The second kappa shape index (κ2) is 5.31. The fourth-order valence-electron chi connectivity index (χ4n) is 1.62. The normalized spacial score (nSPS) is 16.6. The Morgan fingerprint density at radius 2 is 2.39 bits per heavy atom. The number of carbonyl (C=O) groups excluding carboxylic acids is 2. The molecule has 1 amide bonds. The van der Waals surface area contributed by atoms with E-state index in [9.17, 15) is 9.59 Å². The van der Waals surface area contributed by atoms with E-state index in [1.54, 1.807) is 12.3 Å². The number of hydrogen-bond acceptors (Lipinski definition) is 4. The van der Waals surface area contributed by atoms with Crippen LogP contribution in [-0.4, -0.2) is 29.7 Å². The number of esters is 1. The molecule has 0 saturated heterocycles. The summed E-state index contributed by atoms with van der Waals surface area (Å²) in [5, 5.41) is 3.91. The van der Waals surface area contributed by atoms with Crippen molar-refractivity contribution in [3.05, 3.63) is 29.6 Å². The third kappa shape index (κ3) is 2.65. The maximum absolute atomic E-state index is 11.6. The molecule has 6 nitrogen and oxygen atoms in total. The number of nitrogens with zero attached hydrogens (tertiary/aromatic N) is 1. The second-order valence-corrected chi connectivity index (χ2v) is 3.76. The van der Waals surface area contributed by atoms with Crippen molar-refractivity contribution in [3.63, 3.8) is 0 Å². The molecule has 0 aliphatic carbocycles. The number of rotatable bonds is 4. The summed E-state index contributed by atoms with van der Waals surface area (Å²) in [4.78, 5) is 25.6. The van der Waals surface area contributed by atoms with E-state index < -0.39 is 0 Å². The Bertz CT molecular complexity index is 515. The summed E-state index contributed by atoms with van der Waals surface area (Å²) < 4.78 is 4.55. The van der Waals surface area contributed by atoms with Crippen molar-refractivity contribution in [2.45, 2.75) is 12.8 Å². The van der Waals surface area contributed by atoms with Crippen LogP contribution in [0.2, 0.25) is 0 Å². The molecule has 1 aromatic heterocycles. The second-order valence-electron chi connectivity index (χ2n) is 3.76. The molecule has 2 heterocycles. The van der Waals surface area contributed by atoms with Gasteiger partial charge >= 0.3 is 5.97 Å². The smallest absolute Gasteiger partial charge is 0.305 e. The number of hydrazone groups is 1. The lowest BCUT2D eigenvalue weighted by Crippen LogP contribution is -2.13. The van der Waals surface area contributed by atoms with Crippen LogP contribution in [-0.2, 0) is 14.3 Å². The molecule has 0 fully saturated rings. The highest BCUT2D eigenvalue weighted by Gasteiger charge is 2.23. The first kappa shape index (κ1) is 12.1. The summed E-state index contributed by atoms with van der Waals surface area (Å²) in [5.74, 6) is -0.583. The van der Waals surface area contributed by atoms with Gasteiger partial charge in [0.05, 0.1) is 24.8 Å². The molecule has 6 heteroatoms. The van der Waals surface area contributed by atoms with Crippen LogP contribution >= 0.6 is 0 Å². The van der Waals surface area contributed by atoms with E-state index in [0.717, 1.165) is 5.69 Å². The third-order valence-corrected chi connectivity index (χ3v) is 2.56. The minimum Gasteiger partial charge on any atom is -0.469 e. The van der Waals surface area contributed by atoms with Crippen molar-refractivity contribution in [3.8, 4) is 0 Å². The lowest BCUT2D eigenvalue weighted by Gasteiger charge is -2.00. The predicted octanol–water partition coefficient (Wildman–Crippen LogP) is 0.837. The lowest BCUT2D eigenvalue weighted by atomic mass is 10.1. The van der Waals surface area contributed by atoms with Crippen LogP contribution in [0.25, 0.3) is 6.08 Å². The number of aromatic amines is 1. The van der Waals surface area contributed by atoms with Crippen molar-refractivity contribution in [1.29, 1.82) is 0 Å². The van der Waals surface area contributed by atoms with E-state index in [2.05, 4.69) is 20.2 Å². The van der Waals surface area contributed by atoms with Gasteiger partial charge in [-0.2, -0.15) is 5.10 Å². The average molecular weight is 247 g/mol. The van der Waals surface area contributed by atoms with Crippen molar-refractivity contribution in [1.82, 2.24) is 10.4 Å². The average Bonchev–Trinajstić information content (AvgIpc) is 2.99. The Morgan fingerprint density at radius 1 is 1.56 bits per heavy atom. The van der Waals surface area contributed by atoms with Gasteiger partial charge in [-0.3, -0.25) is 9.59 Å². The topological polar surface area (TPSA) is 83.5 Å². The molecule has 2 N–H and O–H groups in total. The van der Waals surface area contributed by atoms with Gasteiger partial charge in [0.15, 0.2) is 0 Å². The first-order chi connectivity index (χ1) is 8.70. The zero-order valence-electron chi connectivity index (χ0n) is 9.90. The molecular weight excluding hydrogens is 234 g/mol. The standard InChI is InChI=1S/C12H13N3O3/c1-18-11(16)5-4-10-9(12(17)15-14-10)7-8-3-2-6-13-8/h2-3,6-7,13H,4-5H2,1H3,(H,15,17)/b9-7+. The number of aromatic nitrogens is 1. The van der Waals surface area contributed by atoms with Gasteiger partial charge in [-0.05, 0) is 18.2 Å². The summed E-state index contributed by atoms with van der Waals surface area (Å²) in [6.45, 7) is 0. The summed E-state index contributed by atoms with van der Waals surface area (Å²) in [5.41, 5.74) is 4.24. The molecule has 0 atom stereocenters. The fraction of sp³-hybridized carbons (Fsp3) is 0.250. The number of nitrogens with one attached hydrogen (secondary N) is 2. The molecule has 18 heavy (non-hydrogen) atoms. The maximum Gasteiger partial charge on any atom is 0.305 e. The third-order valence-electron chi connectivity index (χ3n) is 2.56. The van der Waals surface area contributed by atoms with E-state index >= 15 is 0 Å². The van der Waals surface area contributed by atoms with Crippen LogP contribution in [0.1, 0.15) is 18.5 Å². The Hall–Kier alpha value is -2.37. The molecule has 94 valence electrons. The predicted molar refractivity (Wildman–Crippen MR) is 65.6 cm³/mol. The number of amides is 1. The Kier molecular flexibility index (Phi) is 3.57. The van der Waals surface area contributed by atoms with Crippen LogP contribution in [0.4, 0.5) is 0 Å². The molecule has 0 spiro atoms. The van der Waals surface area contributed by atoms with E-state index in [1.165, 1.54) is 7.11 Å². The van der Waals surface area contributed by atoms with E-state index in [-0.39, 0.29) is 18.3 Å². The molecule has 0 aromatic carbocycles. The first-order valence-electron chi connectivity index (χ1n) is 5.50. The Labute approximate surface area is 104 Å². The molecular formula is C12H13N3O3. The van der Waals surface area contributed by atoms with Crippen LogP contribution < -0.4 is 5.43 Å². The number of methoxy groups -OCH3 is 1. The van der Waals surface area contributed by atoms with E-state index in [0.29, 0.717) is 17.7 Å². The molecule has 0 saturated carbocycles. The van der Waals surface area contributed by atoms with Crippen LogP contribution in [0.5, 0.6) is 0 Å². The molecule has 2 rings (SSSR count). The summed E-state index contributed by atoms with van der Waals surface area (Å²) >= 11 is 0. The SMILES string of the molecule is COC(=O)CCC1=NNC(=O)/C1=C/c1ccc[nH]1. The minimum atomic E-state index is -0.323. The van der Waals surface area contributed by atoms with Gasteiger partial charge in [0, 0.05) is 18.3 Å². The highest BCUT2D eigenvalue weighted by atomic mass is 16.5. The van der Waals surface area contributed by atoms with Crippen molar-refractivity contribution >= 4 is 23.7 Å². The molecule has 0 unspecified atom stereocenters. The van der Waals surface area contributed by atoms with Crippen molar-refractivity contribution in [2.75, 3.05) is 7.11 Å². The number of ether oxygens (including phenoxy) is 1. The quantitative estimate of drug-likeness (QED) is 0.610. The van der Waals surface area contributed by atoms with Gasteiger partial charge in [0.2, 0.25) is 0 Å². The lowest BCUT2D eigenvalue weighted by molar-refractivity contribution is -0.140. The van der Waals surface area contributed by atoms with E-state index in [4.69, 9.17) is 0 Å². The molecule has 0 radical (unpaired) electrons. The number of H-pyrrole nitrogens is 1. The highest BCUT2D eigenvalue weighted by Crippen LogP contribution is 2.14. The van der Waals surface area contributed by atoms with Crippen molar-refractivity contribution in [2.24, 2.45) is 5.10 Å². The molecule has 0 bridgehead atoms. The van der Waals surface area contributed by atoms with Gasteiger partial charge in [0.25, 0.3) is 5.91 Å². The Morgan fingerprint density at radius 3 is 3.06 bits per heavy atom. The zero-order chi connectivity index (χ0) is 13.0. The molecule has 1 aliphatic rings. The van der Waals surface area contributed by atoms with E-state index in [1.807, 2.05) is 12.1 Å². The van der Waals surface area contributed by atoms with Gasteiger partial charge in [0.1, 0.15) is 0 Å². The first-order valence-corrected chi connectivity index (χ1v) is 5.50. The number of hydrogen-bond donors (Lipinski definition) is 2. The monoisotopic (exact) mass is 247 g/mol. The zero-order valence-corrected chi connectivity index (χ0v) is 9.90. The minimum absolute atomic E-state index is 0.201. The van der Waals surface area contributed by atoms with Gasteiger partial charge in [-0.15, -0.1) is 0 Å². The summed E-state index contributed by atoms with van der Waals surface area (Å²) in [6.07, 6.45) is 4.05. The van der Waals surface area contributed by atoms with Gasteiger partial charge in [-0.25, -0.2) is 5.43 Å². The van der Waals surface area contributed by atoms with Crippen LogP contribution in [0.15, 0.2) is 29.0 Å². The van der Waals surface area contributed by atoms with Gasteiger partial charge in [-0.1, -0.05) is 0 Å². The number of carbonyl (C=O) groups is 2. The van der Waals surface area contributed by atoms with Crippen LogP contribution in [0.3, 0.4) is 0 Å². The largest absolute Gasteiger partial charge is 0.469 e. The molecule has 1 aromatic rings. The van der Waals surface area contributed by atoms with Crippen LogP contribution in [0, 0.1) is 0 Å². The maximum atomic E-state index is 11.6. The summed E-state index contributed by atoms with van der Waals surface area (Å²) in [6, 6.07) is 3.68.